The molecule has 1 aliphatic heterocycles. The molecule has 1 saturated heterocycles. The van der Waals surface area contributed by atoms with Crippen molar-refractivity contribution in [2.24, 2.45) is 0 Å². The van der Waals surface area contributed by atoms with Crippen LogP contribution >= 0.6 is 15.9 Å². The van der Waals surface area contributed by atoms with E-state index >= 15 is 0 Å². The van der Waals surface area contributed by atoms with E-state index in [0.29, 0.717) is 49.4 Å². The number of nitrogens with one attached hydrogen (secondary N) is 3. The van der Waals surface area contributed by atoms with Crippen molar-refractivity contribution in [3.63, 3.8) is 0 Å². The zero-order valence-corrected chi connectivity index (χ0v) is 27.8. The first-order valence-corrected chi connectivity index (χ1v) is 17.0. The smallest absolute Gasteiger partial charge is 0.290 e. The van der Waals surface area contributed by atoms with Crippen LogP contribution in [0.4, 0.5) is 11.4 Å². The second-order valence-corrected chi connectivity index (χ2v) is 13.4. The summed E-state index contributed by atoms with van der Waals surface area (Å²) in [6, 6.07) is 19.9. The Morgan fingerprint density at radius 3 is 2.49 bits per heavy atom. The van der Waals surface area contributed by atoms with E-state index in [1.807, 2.05) is 55.5 Å². The Bertz CT molecular complexity index is 1510. The number of nitrogens with zero attached hydrogens (tertiary/aromatic N) is 1. The topological polar surface area (TPSA) is 157 Å². The van der Waals surface area contributed by atoms with Crippen LogP contribution in [0.25, 0.3) is 0 Å². The van der Waals surface area contributed by atoms with Gasteiger partial charge in [-0.1, -0.05) is 46.3 Å². The molecule has 3 aromatic rings. The van der Waals surface area contributed by atoms with Crippen LogP contribution in [0.15, 0.2) is 71.2 Å². The van der Waals surface area contributed by atoms with Gasteiger partial charge in [-0.05, 0) is 73.7 Å². The number of rotatable bonds is 13. The predicted octanol–water partition coefficient (Wildman–Crippen LogP) is 4.01. The molecule has 0 aromatic heterocycles. The second kappa shape index (κ2) is 17.7. The molecule has 0 bridgehead atoms. The summed E-state index contributed by atoms with van der Waals surface area (Å²) in [6.07, 6.45) is 0.904. The van der Waals surface area contributed by atoms with Crippen molar-refractivity contribution in [1.29, 1.82) is 0 Å². The van der Waals surface area contributed by atoms with E-state index in [1.54, 1.807) is 25.3 Å². The SMILES string of the molecule is CCNc1cc(C(=O)N[C@@H](Cc2ccccc2)[C@H](O)CNCc2cc(Br)cc(OC)c2)cc(N2CCCCS2(=O)=O)c1.O=CO. The number of sulfonamides is 1. The number of aliphatic hydroxyl groups excluding tert-OH is 1. The number of carboxylic acid groups (broad SMARTS) is 1. The van der Waals surface area contributed by atoms with Gasteiger partial charge in [0.25, 0.3) is 12.4 Å². The highest BCUT2D eigenvalue weighted by Gasteiger charge is 2.28. The van der Waals surface area contributed by atoms with Gasteiger partial charge in [0.2, 0.25) is 10.0 Å². The van der Waals surface area contributed by atoms with Gasteiger partial charge < -0.3 is 30.9 Å². The lowest BCUT2D eigenvalue weighted by molar-refractivity contribution is -0.122. The third kappa shape index (κ3) is 11.0. The summed E-state index contributed by atoms with van der Waals surface area (Å²) in [7, 11) is -1.84. The molecule has 1 fully saturated rings. The number of halogens is 1. The number of hydrogen-bond acceptors (Lipinski definition) is 8. The van der Waals surface area contributed by atoms with Gasteiger partial charge in [0.15, 0.2) is 0 Å². The molecule has 1 heterocycles. The van der Waals surface area contributed by atoms with Crippen LogP contribution in [0.5, 0.6) is 5.75 Å². The minimum absolute atomic E-state index is 0.0883. The van der Waals surface area contributed by atoms with E-state index in [9.17, 15) is 18.3 Å². The zero-order chi connectivity index (χ0) is 32.8. The zero-order valence-electron chi connectivity index (χ0n) is 25.4. The first-order valence-electron chi connectivity index (χ1n) is 14.6. The maximum absolute atomic E-state index is 13.6. The second-order valence-electron chi connectivity index (χ2n) is 10.5. The average molecular weight is 706 g/mol. The van der Waals surface area contributed by atoms with E-state index in [0.717, 1.165) is 27.8 Å². The normalized spacial score (nSPS) is 15.2. The third-order valence-electron chi connectivity index (χ3n) is 7.13. The van der Waals surface area contributed by atoms with Crippen molar-refractivity contribution in [3.8, 4) is 5.75 Å². The molecule has 45 heavy (non-hydrogen) atoms. The van der Waals surface area contributed by atoms with Gasteiger partial charge in [-0.15, -0.1) is 0 Å². The predicted molar refractivity (Wildman–Crippen MR) is 179 cm³/mol. The first-order chi connectivity index (χ1) is 21.6. The van der Waals surface area contributed by atoms with E-state index in [2.05, 4.69) is 31.9 Å². The van der Waals surface area contributed by atoms with Crippen molar-refractivity contribution < 1.29 is 33.0 Å². The van der Waals surface area contributed by atoms with Crippen LogP contribution in [0.1, 0.15) is 41.3 Å². The van der Waals surface area contributed by atoms with Crippen molar-refractivity contribution in [1.82, 2.24) is 10.6 Å². The number of aliphatic hydroxyl groups is 1. The number of hydrogen-bond donors (Lipinski definition) is 5. The first kappa shape index (κ1) is 35.8. The number of amides is 1. The highest BCUT2D eigenvalue weighted by molar-refractivity contribution is 9.10. The minimum Gasteiger partial charge on any atom is -0.497 e. The number of benzene rings is 3. The fraction of sp³-hybridized carbons (Fsp3) is 0.375. The highest BCUT2D eigenvalue weighted by atomic mass is 79.9. The van der Waals surface area contributed by atoms with Crippen molar-refractivity contribution in [2.75, 3.05) is 42.1 Å². The van der Waals surface area contributed by atoms with Gasteiger partial charge >= 0.3 is 0 Å². The largest absolute Gasteiger partial charge is 0.497 e. The fourth-order valence-corrected chi connectivity index (χ4v) is 7.16. The van der Waals surface area contributed by atoms with Crippen molar-refractivity contribution in [3.05, 3.63) is 87.9 Å². The molecular weight excluding hydrogens is 664 g/mol. The lowest BCUT2D eigenvalue weighted by Crippen LogP contribution is -2.48. The summed E-state index contributed by atoms with van der Waals surface area (Å²) in [5, 5.41) is 27.7. The standard InChI is InChI=1S/C31H39BrN4O5S.CH2O2/c1-3-34-26-16-24(17-27(19-26)36-11-7-8-12-42(36,39)40)31(38)35-29(15-22-9-5-4-6-10-22)30(37)21-33-20-23-13-25(32)18-28(14-23)41-2;2-1-3/h4-6,9-10,13-14,16-19,29-30,33-34,37H,3,7-8,11-12,15,20-21H2,1-2H3,(H,35,38);1H,(H,2,3)/t29-,30+;/m0./s1. The molecule has 2 atom stereocenters. The van der Waals surface area contributed by atoms with E-state index in [4.69, 9.17) is 14.6 Å². The summed E-state index contributed by atoms with van der Waals surface area (Å²) in [5.41, 5.74) is 3.40. The summed E-state index contributed by atoms with van der Waals surface area (Å²) >= 11 is 3.49. The number of ether oxygens (including phenoxy) is 1. The summed E-state index contributed by atoms with van der Waals surface area (Å²) < 4.78 is 33.3. The molecule has 13 heteroatoms. The van der Waals surface area contributed by atoms with E-state index in [-0.39, 0.29) is 24.7 Å². The molecule has 1 amide bonds. The average Bonchev–Trinajstić information content (AvgIpc) is 3.01. The summed E-state index contributed by atoms with van der Waals surface area (Å²) in [6.45, 7) is 3.41. The lowest BCUT2D eigenvalue weighted by atomic mass is 10.00. The summed E-state index contributed by atoms with van der Waals surface area (Å²) in [5.74, 6) is 0.431. The number of carbonyl (C=O) groups is 2. The van der Waals surface area contributed by atoms with Gasteiger partial charge in [-0.2, -0.15) is 0 Å². The van der Waals surface area contributed by atoms with Crippen LogP contribution < -0.4 is 25.0 Å². The molecule has 0 aliphatic carbocycles. The maximum atomic E-state index is 13.6. The Balaban J connectivity index is 0.00000177. The Hall–Kier alpha value is -3.65. The van der Waals surface area contributed by atoms with Gasteiger partial charge in [0, 0.05) is 41.9 Å². The van der Waals surface area contributed by atoms with Gasteiger partial charge in [-0.3, -0.25) is 13.9 Å². The van der Waals surface area contributed by atoms with Crippen molar-refractivity contribution in [2.45, 2.75) is 44.9 Å². The number of methoxy groups -OCH3 is 1. The van der Waals surface area contributed by atoms with Crippen LogP contribution in [-0.4, -0.2) is 75.7 Å². The van der Waals surface area contributed by atoms with Crippen LogP contribution in [0.2, 0.25) is 0 Å². The molecule has 4 rings (SSSR count). The Kier molecular flexibility index (Phi) is 14.1. The van der Waals surface area contributed by atoms with Crippen LogP contribution in [-0.2, 0) is 27.8 Å². The molecule has 0 unspecified atom stereocenters. The van der Waals surface area contributed by atoms with Crippen LogP contribution in [0, 0.1) is 0 Å². The van der Waals surface area contributed by atoms with Gasteiger partial charge in [0.1, 0.15) is 5.75 Å². The molecular formula is C32H41BrN4O7S. The summed E-state index contributed by atoms with van der Waals surface area (Å²) in [4.78, 5) is 22.0. The Morgan fingerprint density at radius 2 is 1.82 bits per heavy atom. The van der Waals surface area contributed by atoms with E-state index in [1.165, 1.54) is 4.31 Å². The van der Waals surface area contributed by atoms with Crippen molar-refractivity contribution >= 4 is 49.7 Å². The number of carbonyl (C=O) groups excluding carboxylic acids is 1. The quantitative estimate of drug-likeness (QED) is 0.166. The molecule has 244 valence electrons. The van der Waals surface area contributed by atoms with Gasteiger partial charge in [-0.25, -0.2) is 8.42 Å². The molecule has 0 saturated carbocycles. The maximum Gasteiger partial charge on any atom is 0.290 e. The monoisotopic (exact) mass is 704 g/mol. The van der Waals surface area contributed by atoms with E-state index < -0.39 is 22.2 Å². The van der Waals surface area contributed by atoms with Crippen LogP contribution in [0.3, 0.4) is 0 Å². The lowest BCUT2D eigenvalue weighted by Gasteiger charge is -2.29. The number of anilines is 2. The Morgan fingerprint density at radius 1 is 1.09 bits per heavy atom. The minimum atomic E-state index is -3.45. The molecule has 1 aliphatic rings. The fourth-order valence-electron chi connectivity index (χ4n) is 5.02. The Labute approximate surface area is 273 Å². The molecule has 0 radical (unpaired) electrons. The molecule has 3 aromatic carbocycles. The molecule has 0 spiro atoms. The molecule has 5 N–H and O–H groups in total. The van der Waals surface area contributed by atoms with Gasteiger partial charge in [0.05, 0.1) is 30.7 Å². The third-order valence-corrected chi connectivity index (χ3v) is 9.45. The highest BCUT2D eigenvalue weighted by Crippen LogP contribution is 2.28. The molecule has 11 nitrogen and oxygen atoms in total.